The first-order valence-corrected chi connectivity index (χ1v) is 8.97. The molecular weight excluding hydrogens is 419 g/mol. The van der Waals surface area contributed by atoms with E-state index in [4.69, 9.17) is 9.47 Å². The van der Waals surface area contributed by atoms with Crippen molar-refractivity contribution in [1.82, 2.24) is 15.5 Å². The highest BCUT2D eigenvalue weighted by Gasteiger charge is 2.29. The summed E-state index contributed by atoms with van der Waals surface area (Å²) in [6.45, 7) is 12.3. The van der Waals surface area contributed by atoms with Gasteiger partial charge in [0.15, 0.2) is 5.96 Å². The van der Waals surface area contributed by atoms with Crippen LogP contribution in [0.4, 0.5) is 0 Å². The van der Waals surface area contributed by atoms with E-state index in [2.05, 4.69) is 41.3 Å². The van der Waals surface area contributed by atoms with E-state index in [1.807, 2.05) is 7.05 Å². The van der Waals surface area contributed by atoms with Crippen molar-refractivity contribution in [3.63, 3.8) is 0 Å². The van der Waals surface area contributed by atoms with Gasteiger partial charge >= 0.3 is 0 Å². The van der Waals surface area contributed by atoms with Crippen LogP contribution in [0.5, 0.6) is 0 Å². The first-order chi connectivity index (χ1) is 11.0. The van der Waals surface area contributed by atoms with Crippen LogP contribution < -0.4 is 10.6 Å². The highest BCUT2D eigenvalue weighted by atomic mass is 127. The van der Waals surface area contributed by atoms with Gasteiger partial charge in [0.2, 0.25) is 0 Å². The predicted octanol–water partition coefficient (Wildman–Crippen LogP) is 1.84. The van der Waals surface area contributed by atoms with Crippen LogP contribution in [0.2, 0.25) is 0 Å². The zero-order chi connectivity index (χ0) is 16.7. The van der Waals surface area contributed by atoms with E-state index < -0.39 is 0 Å². The Bertz CT molecular complexity index is 379. The minimum Gasteiger partial charge on any atom is -0.373 e. The van der Waals surface area contributed by atoms with Gasteiger partial charge in [0.1, 0.15) is 0 Å². The van der Waals surface area contributed by atoms with Gasteiger partial charge in [-0.2, -0.15) is 0 Å². The molecule has 0 aromatic heterocycles. The SMILES string of the molecule is CN=C(NCCCN1CC(C)OC(C)C1)NCC1(C)CCCO1.I. The van der Waals surface area contributed by atoms with Crippen molar-refractivity contribution in [2.75, 3.05) is 46.4 Å². The van der Waals surface area contributed by atoms with Crippen LogP contribution in [0.15, 0.2) is 4.99 Å². The highest BCUT2D eigenvalue weighted by Crippen LogP contribution is 2.23. The minimum atomic E-state index is -0.0440. The fourth-order valence-corrected chi connectivity index (χ4v) is 3.44. The van der Waals surface area contributed by atoms with E-state index >= 15 is 0 Å². The van der Waals surface area contributed by atoms with Crippen LogP contribution in [0, 0.1) is 0 Å². The molecule has 0 amide bonds. The first-order valence-electron chi connectivity index (χ1n) is 8.97. The van der Waals surface area contributed by atoms with Crippen LogP contribution in [-0.4, -0.2) is 75.0 Å². The summed E-state index contributed by atoms with van der Waals surface area (Å²) in [5.41, 5.74) is -0.0440. The number of hydrogen-bond acceptors (Lipinski definition) is 4. The lowest BCUT2D eigenvalue weighted by molar-refractivity contribution is -0.0679. The summed E-state index contributed by atoms with van der Waals surface area (Å²) >= 11 is 0. The summed E-state index contributed by atoms with van der Waals surface area (Å²) < 4.78 is 11.6. The number of rotatable bonds is 6. The zero-order valence-corrected chi connectivity index (χ0v) is 18.0. The Hall–Kier alpha value is -0.120. The number of aliphatic imine (C=N–C) groups is 1. The largest absolute Gasteiger partial charge is 0.373 e. The molecule has 142 valence electrons. The average Bonchev–Trinajstić information content (AvgIpc) is 2.93. The van der Waals surface area contributed by atoms with Gasteiger partial charge in [0.25, 0.3) is 0 Å². The molecule has 2 aliphatic heterocycles. The lowest BCUT2D eigenvalue weighted by Gasteiger charge is -2.35. The Morgan fingerprint density at radius 1 is 1.25 bits per heavy atom. The predicted molar refractivity (Wildman–Crippen MR) is 109 cm³/mol. The lowest BCUT2D eigenvalue weighted by Crippen LogP contribution is -2.47. The standard InChI is InChI=1S/C17H34N4O2.HI/c1-14-11-21(12-15(2)23-14)9-6-8-19-16(18-4)20-13-17(3)7-5-10-22-17;/h14-15H,5-13H2,1-4H3,(H2,18,19,20);1H. The lowest BCUT2D eigenvalue weighted by atomic mass is 10.0. The van der Waals surface area contributed by atoms with Crippen molar-refractivity contribution in [3.05, 3.63) is 0 Å². The summed E-state index contributed by atoms with van der Waals surface area (Å²) in [5.74, 6) is 0.866. The van der Waals surface area contributed by atoms with Crippen molar-refractivity contribution in [3.8, 4) is 0 Å². The Morgan fingerprint density at radius 2 is 1.96 bits per heavy atom. The molecule has 2 aliphatic rings. The zero-order valence-electron chi connectivity index (χ0n) is 15.6. The Labute approximate surface area is 164 Å². The van der Waals surface area contributed by atoms with E-state index in [0.29, 0.717) is 12.2 Å². The van der Waals surface area contributed by atoms with Gasteiger partial charge < -0.3 is 20.1 Å². The molecule has 0 saturated carbocycles. The number of morpholine rings is 1. The molecular formula is C17H35IN4O2. The fraction of sp³-hybridized carbons (Fsp3) is 0.941. The van der Waals surface area contributed by atoms with Gasteiger partial charge in [-0.3, -0.25) is 9.89 Å². The third-order valence-electron chi connectivity index (χ3n) is 4.59. The molecule has 0 aromatic carbocycles. The van der Waals surface area contributed by atoms with Crippen LogP contribution >= 0.6 is 24.0 Å². The number of halogens is 1. The van der Waals surface area contributed by atoms with Crippen LogP contribution in [0.1, 0.15) is 40.0 Å². The molecule has 0 aliphatic carbocycles. The van der Waals surface area contributed by atoms with E-state index in [1.54, 1.807) is 0 Å². The molecule has 3 atom stereocenters. The highest BCUT2D eigenvalue weighted by molar-refractivity contribution is 14.0. The number of guanidine groups is 1. The van der Waals surface area contributed by atoms with Crippen molar-refractivity contribution in [1.29, 1.82) is 0 Å². The quantitative estimate of drug-likeness (QED) is 0.278. The van der Waals surface area contributed by atoms with Gasteiger partial charge in [0.05, 0.1) is 17.8 Å². The molecule has 0 radical (unpaired) electrons. The van der Waals surface area contributed by atoms with Crippen molar-refractivity contribution >= 4 is 29.9 Å². The van der Waals surface area contributed by atoms with Crippen LogP contribution in [0.25, 0.3) is 0 Å². The second kappa shape index (κ2) is 10.8. The second-order valence-electron chi connectivity index (χ2n) is 7.12. The van der Waals surface area contributed by atoms with Crippen molar-refractivity contribution in [2.45, 2.75) is 57.8 Å². The van der Waals surface area contributed by atoms with Gasteiger partial charge in [-0.15, -0.1) is 24.0 Å². The van der Waals surface area contributed by atoms with Crippen molar-refractivity contribution < 1.29 is 9.47 Å². The number of ether oxygens (including phenoxy) is 2. The fourth-order valence-electron chi connectivity index (χ4n) is 3.44. The number of hydrogen-bond donors (Lipinski definition) is 2. The van der Waals surface area contributed by atoms with E-state index in [-0.39, 0.29) is 29.6 Å². The number of nitrogens with one attached hydrogen (secondary N) is 2. The summed E-state index contributed by atoms with van der Waals surface area (Å²) in [6, 6.07) is 0. The Morgan fingerprint density at radius 3 is 2.54 bits per heavy atom. The third kappa shape index (κ3) is 7.41. The van der Waals surface area contributed by atoms with Crippen molar-refractivity contribution in [2.24, 2.45) is 4.99 Å². The van der Waals surface area contributed by atoms with Gasteiger partial charge in [-0.25, -0.2) is 0 Å². The maximum absolute atomic E-state index is 5.80. The molecule has 3 unspecified atom stereocenters. The van der Waals surface area contributed by atoms with Gasteiger partial charge in [0, 0.05) is 46.4 Å². The monoisotopic (exact) mass is 454 g/mol. The van der Waals surface area contributed by atoms with E-state index in [0.717, 1.165) is 64.6 Å². The van der Waals surface area contributed by atoms with Gasteiger partial charge in [-0.1, -0.05) is 0 Å². The normalized spacial score (nSPS) is 31.6. The Balaban J connectivity index is 0.00000288. The summed E-state index contributed by atoms with van der Waals surface area (Å²) in [5, 5.41) is 6.78. The first kappa shape index (κ1) is 21.9. The summed E-state index contributed by atoms with van der Waals surface area (Å²) in [7, 11) is 1.82. The molecule has 2 rings (SSSR count). The topological polar surface area (TPSA) is 58.1 Å². The molecule has 24 heavy (non-hydrogen) atoms. The molecule has 0 aromatic rings. The van der Waals surface area contributed by atoms with Crippen LogP contribution in [-0.2, 0) is 9.47 Å². The molecule has 2 N–H and O–H groups in total. The molecule has 0 spiro atoms. The Kier molecular flexibility index (Phi) is 9.84. The van der Waals surface area contributed by atoms with E-state index in [1.165, 1.54) is 0 Å². The summed E-state index contributed by atoms with van der Waals surface area (Å²) in [4.78, 5) is 6.78. The smallest absolute Gasteiger partial charge is 0.191 e. The van der Waals surface area contributed by atoms with Crippen LogP contribution in [0.3, 0.4) is 0 Å². The molecule has 2 fully saturated rings. The molecule has 7 heteroatoms. The molecule has 2 heterocycles. The maximum Gasteiger partial charge on any atom is 0.191 e. The molecule has 6 nitrogen and oxygen atoms in total. The maximum atomic E-state index is 5.80. The minimum absolute atomic E-state index is 0. The molecule has 2 saturated heterocycles. The third-order valence-corrected chi connectivity index (χ3v) is 4.59. The van der Waals surface area contributed by atoms with Gasteiger partial charge in [-0.05, 0) is 40.0 Å². The number of nitrogens with zero attached hydrogens (tertiary/aromatic N) is 2. The second-order valence-corrected chi connectivity index (χ2v) is 7.12. The summed E-state index contributed by atoms with van der Waals surface area (Å²) in [6.07, 6.45) is 4.06. The molecule has 0 bridgehead atoms. The van der Waals surface area contributed by atoms with E-state index in [9.17, 15) is 0 Å². The average molecular weight is 454 g/mol.